The molecule has 0 unspecified atom stereocenters. The highest BCUT2D eigenvalue weighted by molar-refractivity contribution is 7.09. The van der Waals surface area contributed by atoms with Crippen LogP contribution < -0.4 is 5.32 Å². The van der Waals surface area contributed by atoms with Crippen molar-refractivity contribution in [1.82, 2.24) is 10.3 Å². The van der Waals surface area contributed by atoms with Gasteiger partial charge in [-0.05, 0) is 26.3 Å². The molecule has 0 saturated carbocycles. The summed E-state index contributed by atoms with van der Waals surface area (Å²) >= 11 is 1.66. The molecule has 2 heterocycles. The number of aromatic nitrogens is 1. The number of nitrogens with zero attached hydrogens (tertiary/aromatic N) is 1. The van der Waals surface area contributed by atoms with Gasteiger partial charge in [0.2, 0.25) is 0 Å². The van der Waals surface area contributed by atoms with E-state index in [2.05, 4.69) is 17.2 Å². The fourth-order valence-corrected chi connectivity index (χ4v) is 2.31. The van der Waals surface area contributed by atoms with Crippen molar-refractivity contribution in [2.24, 2.45) is 0 Å². The van der Waals surface area contributed by atoms with Crippen LogP contribution in [0.15, 0.2) is 11.6 Å². The lowest BCUT2D eigenvalue weighted by Gasteiger charge is -2.14. The van der Waals surface area contributed by atoms with Gasteiger partial charge in [-0.1, -0.05) is 0 Å². The second-order valence-corrected chi connectivity index (χ2v) is 4.57. The number of thiazole rings is 1. The van der Waals surface area contributed by atoms with Crippen molar-refractivity contribution in [2.45, 2.75) is 31.9 Å². The summed E-state index contributed by atoms with van der Waals surface area (Å²) in [5.74, 6) is 0. The first kappa shape index (κ1) is 10.1. The van der Waals surface area contributed by atoms with E-state index in [0.29, 0.717) is 6.04 Å². The minimum Gasteiger partial charge on any atom is -0.370 e. The predicted octanol–water partition coefficient (Wildman–Crippen LogP) is 1.97. The first-order chi connectivity index (χ1) is 6.86. The van der Waals surface area contributed by atoms with Crippen molar-refractivity contribution in [3.8, 4) is 0 Å². The first-order valence-electron chi connectivity index (χ1n) is 5.10. The Hall–Kier alpha value is -0.450. The number of hydrogen-bond acceptors (Lipinski definition) is 4. The lowest BCUT2D eigenvalue weighted by molar-refractivity contribution is 0.0523. The second-order valence-electron chi connectivity index (χ2n) is 3.64. The molecule has 4 heteroatoms. The summed E-state index contributed by atoms with van der Waals surface area (Å²) in [6.07, 6.45) is 4.48. The van der Waals surface area contributed by atoms with Gasteiger partial charge >= 0.3 is 0 Å². The zero-order valence-corrected chi connectivity index (χ0v) is 9.22. The molecule has 1 N–H and O–H groups in total. The topological polar surface area (TPSA) is 34.1 Å². The highest BCUT2D eigenvalue weighted by atomic mass is 32.1. The zero-order chi connectivity index (χ0) is 9.80. The third-order valence-electron chi connectivity index (χ3n) is 2.51. The van der Waals surface area contributed by atoms with Crippen molar-refractivity contribution >= 4 is 11.3 Å². The van der Waals surface area contributed by atoms with Gasteiger partial charge in [0.1, 0.15) is 11.1 Å². The lowest BCUT2D eigenvalue weighted by Crippen LogP contribution is -2.27. The Kier molecular flexibility index (Phi) is 3.50. The number of nitrogens with one attached hydrogen (secondary N) is 1. The van der Waals surface area contributed by atoms with E-state index in [1.165, 1.54) is 12.8 Å². The van der Waals surface area contributed by atoms with Crippen molar-refractivity contribution in [3.05, 3.63) is 16.6 Å². The molecule has 3 nitrogen and oxygen atoms in total. The third kappa shape index (κ3) is 2.53. The smallest absolute Gasteiger partial charge is 0.121 e. The Labute approximate surface area is 88.5 Å². The van der Waals surface area contributed by atoms with Gasteiger partial charge in [-0.3, -0.25) is 0 Å². The van der Waals surface area contributed by atoms with Gasteiger partial charge in [-0.15, -0.1) is 11.3 Å². The Bertz CT molecular complexity index is 257. The van der Waals surface area contributed by atoms with E-state index in [-0.39, 0.29) is 6.10 Å². The summed E-state index contributed by atoms with van der Waals surface area (Å²) in [5.41, 5.74) is 0. The molecular formula is C10H16N2OS. The van der Waals surface area contributed by atoms with E-state index < -0.39 is 0 Å². The van der Waals surface area contributed by atoms with E-state index in [1.54, 1.807) is 11.3 Å². The fourth-order valence-electron chi connectivity index (χ4n) is 1.67. The molecule has 1 aliphatic heterocycles. The van der Waals surface area contributed by atoms with Crippen LogP contribution in [0.25, 0.3) is 0 Å². The molecule has 0 aromatic carbocycles. The Morgan fingerprint density at radius 1 is 1.79 bits per heavy atom. The molecule has 1 aliphatic rings. The van der Waals surface area contributed by atoms with Gasteiger partial charge in [0, 0.05) is 17.6 Å². The maximum absolute atomic E-state index is 5.76. The van der Waals surface area contributed by atoms with Crippen molar-refractivity contribution in [3.63, 3.8) is 0 Å². The zero-order valence-electron chi connectivity index (χ0n) is 8.40. The molecule has 2 atom stereocenters. The summed E-state index contributed by atoms with van der Waals surface area (Å²) < 4.78 is 5.76. The van der Waals surface area contributed by atoms with Crippen LogP contribution in [-0.4, -0.2) is 24.2 Å². The van der Waals surface area contributed by atoms with Crippen LogP contribution in [0.1, 0.15) is 30.9 Å². The first-order valence-corrected chi connectivity index (χ1v) is 5.98. The van der Waals surface area contributed by atoms with Crippen LogP contribution in [0.2, 0.25) is 0 Å². The number of rotatable bonds is 4. The maximum Gasteiger partial charge on any atom is 0.121 e. The normalized spacial score (nSPS) is 23.9. The molecule has 0 spiro atoms. The molecule has 0 aliphatic carbocycles. The molecule has 0 amide bonds. The van der Waals surface area contributed by atoms with E-state index in [1.807, 2.05) is 11.6 Å². The van der Waals surface area contributed by atoms with Crippen molar-refractivity contribution in [1.29, 1.82) is 0 Å². The maximum atomic E-state index is 5.76. The number of hydrogen-bond donors (Lipinski definition) is 1. The molecule has 0 bridgehead atoms. The van der Waals surface area contributed by atoms with Crippen LogP contribution >= 0.6 is 11.3 Å². The summed E-state index contributed by atoms with van der Waals surface area (Å²) in [6.45, 7) is 4.01. The van der Waals surface area contributed by atoms with Gasteiger partial charge in [0.05, 0.1) is 6.61 Å². The molecule has 1 saturated heterocycles. The van der Waals surface area contributed by atoms with Crippen molar-refractivity contribution < 1.29 is 4.74 Å². The van der Waals surface area contributed by atoms with E-state index in [9.17, 15) is 0 Å². The van der Waals surface area contributed by atoms with Crippen molar-refractivity contribution in [2.75, 3.05) is 13.2 Å². The van der Waals surface area contributed by atoms with Gasteiger partial charge < -0.3 is 10.1 Å². The van der Waals surface area contributed by atoms with Crippen LogP contribution in [0.5, 0.6) is 0 Å². The minimum atomic E-state index is 0.136. The minimum absolute atomic E-state index is 0.136. The lowest BCUT2D eigenvalue weighted by atomic mass is 10.2. The molecule has 2 rings (SSSR count). The molecule has 1 aromatic rings. The van der Waals surface area contributed by atoms with Gasteiger partial charge in [0.15, 0.2) is 0 Å². The van der Waals surface area contributed by atoms with E-state index >= 15 is 0 Å². The Morgan fingerprint density at radius 3 is 3.36 bits per heavy atom. The summed E-state index contributed by atoms with van der Waals surface area (Å²) in [5, 5.41) is 6.48. The molecule has 78 valence electrons. The summed E-state index contributed by atoms with van der Waals surface area (Å²) in [7, 11) is 0. The van der Waals surface area contributed by atoms with Crippen LogP contribution in [0.4, 0.5) is 0 Å². The molecule has 0 radical (unpaired) electrons. The Balaban J connectivity index is 1.74. The average molecular weight is 212 g/mol. The summed E-state index contributed by atoms with van der Waals surface area (Å²) in [4.78, 5) is 4.23. The second kappa shape index (κ2) is 4.87. The average Bonchev–Trinajstić information content (AvgIpc) is 2.87. The molecule has 14 heavy (non-hydrogen) atoms. The van der Waals surface area contributed by atoms with Crippen LogP contribution in [-0.2, 0) is 4.74 Å². The summed E-state index contributed by atoms with van der Waals surface area (Å²) in [6, 6.07) is 0.553. The molecular weight excluding hydrogens is 196 g/mol. The monoisotopic (exact) mass is 212 g/mol. The highest BCUT2D eigenvalue weighted by Crippen LogP contribution is 2.19. The quantitative estimate of drug-likeness (QED) is 0.828. The molecule has 1 aromatic heterocycles. The number of ether oxygens (including phenoxy) is 1. The highest BCUT2D eigenvalue weighted by Gasteiger charge is 2.16. The predicted molar refractivity (Wildman–Crippen MR) is 57.5 cm³/mol. The third-order valence-corrected chi connectivity index (χ3v) is 3.45. The largest absolute Gasteiger partial charge is 0.370 e. The van der Waals surface area contributed by atoms with Crippen LogP contribution in [0, 0.1) is 0 Å². The van der Waals surface area contributed by atoms with Gasteiger partial charge in [-0.25, -0.2) is 4.98 Å². The molecule has 1 fully saturated rings. The SMILES string of the molecule is C[C@H](OC[C@@H]1CCCN1)c1nccs1. The van der Waals surface area contributed by atoms with Crippen LogP contribution in [0.3, 0.4) is 0 Å². The Morgan fingerprint density at radius 2 is 2.71 bits per heavy atom. The van der Waals surface area contributed by atoms with Gasteiger partial charge in [-0.2, -0.15) is 0 Å². The van der Waals surface area contributed by atoms with E-state index in [4.69, 9.17) is 4.74 Å². The van der Waals surface area contributed by atoms with Gasteiger partial charge in [0.25, 0.3) is 0 Å². The standard InChI is InChI=1S/C10H16N2OS/c1-8(10-12-5-6-14-10)13-7-9-3-2-4-11-9/h5-6,8-9,11H,2-4,7H2,1H3/t8-,9-/m0/s1. The van der Waals surface area contributed by atoms with E-state index in [0.717, 1.165) is 18.2 Å². The fraction of sp³-hybridized carbons (Fsp3) is 0.700.